The maximum Gasteiger partial charge on any atom is 0.156 e. The highest BCUT2D eigenvalue weighted by Gasteiger charge is 2.37. The first kappa shape index (κ1) is 14.4. The third kappa shape index (κ3) is 3.17. The summed E-state index contributed by atoms with van der Waals surface area (Å²) in [5.74, 6) is 0. The van der Waals surface area contributed by atoms with Gasteiger partial charge in [0.05, 0.1) is 5.25 Å². The molecule has 0 aromatic heterocycles. The van der Waals surface area contributed by atoms with Crippen LogP contribution >= 0.6 is 0 Å². The Morgan fingerprint density at radius 1 is 1.29 bits per heavy atom. The van der Waals surface area contributed by atoms with E-state index >= 15 is 0 Å². The van der Waals surface area contributed by atoms with E-state index in [9.17, 15) is 8.76 Å². The van der Waals surface area contributed by atoms with Crippen molar-refractivity contribution in [2.75, 3.05) is 0 Å². The SMILES string of the molecule is CCCC(S(=O)O)C(C)(CC)c1ccccc1. The second-order valence-corrected chi connectivity index (χ2v) is 5.81. The summed E-state index contributed by atoms with van der Waals surface area (Å²) in [6.45, 7) is 6.24. The minimum absolute atomic E-state index is 0.195. The molecule has 0 aliphatic heterocycles. The molecule has 3 unspecified atom stereocenters. The highest BCUT2D eigenvalue weighted by Crippen LogP contribution is 2.35. The fraction of sp³-hybridized carbons (Fsp3) is 0.571. The average Bonchev–Trinajstić information content (AvgIpc) is 2.35. The largest absolute Gasteiger partial charge is 0.306 e. The monoisotopic (exact) mass is 254 g/mol. The molecule has 0 saturated carbocycles. The third-order valence-corrected chi connectivity index (χ3v) is 4.92. The molecular formula is C14H22O2S. The molecule has 0 amide bonds. The van der Waals surface area contributed by atoms with E-state index in [-0.39, 0.29) is 10.7 Å². The molecule has 1 aromatic rings. The van der Waals surface area contributed by atoms with Gasteiger partial charge in [0.1, 0.15) is 0 Å². The van der Waals surface area contributed by atoms with Crippen molar-refractivity contribution in [1.82, 2.24) is 0 Å². The quantitative estimate of drug-likeness (QED) is 0.785. The lowest BCUT2D eigenvalue weighted by molar-refractivity contribution is 0.391. The Bertz CT molecular complexity index is 364. The number of hydrogen-bond acceptors (Lipinski definition) is 1. The van der Waals surface area contributed by atoms with Crippen LogP contribution in [0.4, 0.5) is 0 Å². The summed E-state index contributed by atoms with van der Waals surface area (Å²) < 4.78 is 21.1. The highest BCUT2D eigenvalue weighted by atomic mass is 32.2. The molecule has 0 saturated heterocycles. The lowest BCUT2D eigenvalue weighted by Gasteiger charge is -2.35. The summed E-state index contributed by atoms with van der Waals surface area (Å²) in [6, 6.07) is 10.1. The molecular weight excluding hydrogens is 232 g/mol. The molecule has 2 nitrogen and oxygen atoms in total. The van der Waals surface area contributed by atoms with Crippen molar-refractivity contribution in [3.8, 4) is 0 Å². The Labute approximate surface area is 107 Å². The van der Waals surface area contributed by atoms with Crippen LogP contribution in [-0.4, -0.2) is 14.0 Å². The van der Waals surface area contributed by atoms with E-state index in [2.05, 4.69) is 32.9 Å². The Kier molecular flexibility index (Phi) is 5.34. The van der Waals surface area contributed by atoms with Crippen LogP contribution in [0.3, 0.4) is 0 Å². The standard InChI is InChI=1S/C14H22O2S/c1-4-9-13(17(15)16)14(3,5-2)12-10-7-6-8-11-12/h6-8,10-11,13H,4-5,9H2,1-3H3,(H,15,16). The summed E-state index contributed by atoms with van der Waals surface area (Å²) in [5.41, 5.74) is 0.931. The van der Waals surface area contributed by atoms with Gasteiger partial charge in [-0.15, -0.1) is 0 Å². The summed E-state index contributed by atoms with van der Waals surface area (Å²) in [5, 5.41) is -0.195. The molecule has 0 heterocycles. The molecule has 0 fully saturated rings. The Morgan fingerprint density at radius 3 is 2.29 bits per heavy atom. The summed E-state index contributed by atoms with van der Waals surface area (Å²) >= 11 is -1.77. The van der Waals surface area contributed by atoms with Crippen LogP contribution in [0.1, 0.15) is 45.6 Å². The van der Waals surface area contributed by atoms with Gasteiger partial charge in [0, 0.05) is 5.41 Å². The van der Waals surface area contributed by atoms with Crippen LogP contribution in [0, 0.1) is 0 Å². The van der Waals surface area contributed by atoms with E-state index in [0.29, 0.717) is 0 Å². The van der Waals surface area contributed by atoms with Gasteiger partial charge in [-0.3, -0.25) is 0 Å². The van der Waals surface area contributed by atoms with Gasteiger partial charge in [0.25, 0.3) is 0 Å². The van der Waals surface area contributed by atoms with Crippen molar-refractivity contribution >= 4 is 11.1 Å². The lowest BCUT2D eigenvalue weighted by Crippen LogP contribution is -2.39. The first-order chi connectivity index (χ1) is 8.06. The van der Waals surface area contributed by atoms with E-state index in [1.807, 2.05) is 18.2 Å². The normalized spacial score (nSPS) is 18.4. The van der Waals surface area contributed by atoms with Crippen LogP contribution < -0.4 is 0 Å². The van der Waals surface area contributed by atoms with Gasteiger partial charge in [-0.2, -0.15) is 0 Å². The molecule has 1 N–H and O–H groups in total. The van der Waals surface area contributed by atoms with Gasteiger partial charge in [-0.25, -0.2) is 4.21 Å². The minimum Gasteiger partial charge on any atom is -0.306 e. The van der Waals surface area contributed by atoms with Crippen LogP contribution in [0.25, 0.3) is 0 Å². The van der Waals surface area contributed by atoms with Gasteiger partial charge < -0.3 is 4.55 Å². The number of rotatable bonds is 6. The minimum atomic E-state index is -1.77. The molecule has 1 rings (SSSR count). The molecule has 17 heavy (non-hydrogen) atoms. The van der Waals surface area contributed by atoms with Crippen molar-refractivity contribution in [2.45, 2.75) is 50.7 Å². The fourth-order valence-electron chi connectivity index (χ4n) is 2.34. The lowest BCUT2D eigenvalue weighted by atomic mass is 9.75. The molecule has 96 valence electrons. The average molecular weight is 254 g/mol. The van der Waals surface area contributed by atoms with E-state index in [1.165, 1.54) is 0 Å². The zero-order valence-corrected chi connectivity index (χ0v) is 11.7. The van der Waals surface area contributed by atoms with Gasteiger partial charge in [0.2, 0.25) is 0 Å². The summed E-state index contributed by atoms with van der Waals surface area (Å²) in [4.78, 5) is 0. The van der Waals surface area contributed by atoms with E-state index in [1.54, 1.807) is 0 Å². The van der Waals surface area contributed by atoms with E-state index < -0.39 is 11.1 Å². The van der Waals surface area contributed by atoms with Gasteiger partial charge in [0.15, 0.2) is 11.1 Å². The topological polar surface area (TPSA) is 37.3 Å². The maximum absolute atomic E-state index is 11.6. The van der Waals surface area contributed by atoms with Crippen LogP contribution in [0.2, 0.25) is 0 Å². The molecule has 0 bridgehead atoms. The zero-order valence-electron chi connectivity index (χ0n) is 10.8. The first-order valence-electron chi connectivity index (χ1n) is 6.21. The smallest absolute Gasteiger partial charge is 0.156 e. The van der Waals surface area contributed by atoms with Crippen LogP contribution in [0.5, 0.6) is 0 Å². The first-order valence-corrected chi connectivity index (χ1v) is 7.38. The fourth-order valence-corrected chi connectivity index (χ4v) is 3.53. The van der Waals surface area contributed by atoms with Crippen molar-refractivity contribution in [3.05, 3.63) is 35.9 Å². The van der Waals surface area contributed by atoms with E-state index in [0.717, 1.165) is 24.8 Å². The molecule has 1 aromatic carbocycles. The molecule has 0 spiro atoms. The number of benzene rings is 1. The van der Waals surface area contributed by atoms with Gasteiger partial charge in [-0.05, 0) is 18.4 Å². The third-order valence-electron chi connectivity index (χ3n) is 3.67. The zero-order chi connectivity index (χ0) is 12.9. The van der Waals surface area contributed by atoms with Gasteiger partial charge in [-0.1, -0.05) is 57.5 Å². The Morgan fingerprint density at radius 2 is 1.88 bits per heavy atom. The Balaban J connectivity index is 3.13. The maximum atomic E-state index is 11.6. The van der Waals surface area contributed by atoms with Crippen molar-refractivity contribution < 1.29 is 8.76 Å². The van der Waals surface area contributed by atoms with Crippen molar-refractivity contribution in [2.24, 2.45) is 0 Å². The molecule has 0 aliphatic rings. The molecule has 3 atom stereocenters. The van der Waals surface area contributed by atoms with E-state index in [4.69, 9.17) is 0 Å². The predicted octanol–water partition coefficient (Wildman–Crippen LogP) is 3.74. The van der Waals surface area contributed by atoms with Gasteiger partial charge >= 0.3 is 0 Å². The second kappa shape index (κ2) is 6.31. The van der Waals surface area contributed by atoms with Crippen molar-refractivity contribution in [3.63, 3.8) is 0 Å². The van der Waals surface area contributed by atoms with Crippen LogP contribution in [0.15, 0.2) is 30.3 Å². The second-order valence-electron chi connectivity index (χ2n) is 4.69. The van der Waals surface area contributed by atoms with Crippen molar-refractivity contribution in [1.29, 1.82) is 0 Å². The predicted molar refractivity (Wildman–Crippen MR) is 73.6 cm³/mol. The molecule has 0 aliphatic carbocycles. The summed E-state index contributed by atoms with van der Waals surface area (Å²) in [7, 11) is 0. The number of hydrogen-bond donors (Lipinski definition) is 1. The highest BCUT2D eigenvalue weighted by molar-refractivity contribution is 7.80. The van der Waals surface area contributed by atoms with Crippen LogP contribution in [-0.2, 0) is 16.5 Å². The Hall–Kier alpha value is -0.670. The molecule has 3 heteroatoms. The summed E-state index contributed by atoms with van der Waals surface area (Å²) in [6.07, 6.45) is 2.58. The molecule has 0 radical (unpaired) electrons.